The van der Waals surface area contributed by atoms with Crippen molar-refractivity contribution in [2.24, 2.45) is 4.99 Å². The fourth-order valence-electron chi connectivity index (χ4n) is 1.89. The maximum atomic E-state index is 5.68. The van der Waals surface area contributed by atoms with E-state index in [-0.39, 0.29) is 29.5 Å². The van der Waals surface area contributed by atoms with Gasteiger partial charge in [0, 0.05) is 17.6 Å². The largest absolute Gasteiger partial charge is 0.496 e. The molecule has 0 atom stereocenters. The standard InChI is InChI=1S/C17H29N3O2.HI/c1-6-18-16(20-17(2,3)4)19-11-12-22-13-14-9-7-8-10-15(14)21-5;/h7-10H,6,11-13H2,1-5H3,(H2,18,19,20);1H. The number of benzene rings is 1. The van der Waals surface area contributed by atoms with E-state index in [1.807, 2.05) is 24.3 Å². The lowest BCUT2D eigenvalue weighted by atomic mass is 10.1. The molecule has 0 aliphatic heterocycles. The van der Waals surface area contributed by atoms with Crippen molar-refractivity contribution >= 4 is 29.9 Å². The van der Waals surface area contributed by atoms with Crippen molar-refractivity contribution in [1.29, 1.82) is 0 Å². The predicted molar refractivity (Wildman–Crippen MR) is 107 cm³/mol. The zero-order valence-corrected chi connectivity index (χ0v) is 17.1. The molecule has 1 aromatic carbocycles. The second-order valence-electron chi connectivity index (χ2n) is 6.00. The van der Waals surface area contributed by atoms with Gasteiger partial charge < -0.3 is 20.1 Å². The molecule has 0 saturated heterocycles. The normalized spacial score (nSPS) is 11.6. The lowest BCUT2D eigenvalue weighted by Crippen LogP contribution is -2.47. The molecule has 0 spiro atoms. The van der Waals surface area contributed by atoms with Gasteiger partial charge in [-0.15, -0.1) is 24.0 Å². The fourth-order valence-corrected chi connectivity index (χ4v) is 1.89. The van der Waals surface area contributed by atoms with Crippen LogP contribution in [0.25, 0.3) is 0 Å². The first-order valence-electron chi connectivity index (χ1n) is 7.72. The summed E-state index contributed by atoms with van der Waals surface area (Å²) in [5.74, 6) is 1.67. The van der Waals surface area contributed by atoms with E-state index in [0.717, 1.165) is 23.8 Å². The summed E-state index contributed by atoms with van der Waals surface area (Å²) in [5, 5.41) is 6.58. The third-order valence-corrected chi connectivity index (χ3v) is 2.79. The molecule has 132 valence electrons. The van der Waals surface area contributed by atoms with Gasteiger partial charge in [0.2, 0.25) is 0 Å². The predicted octanol–water partition coefficient (Wildman–Crippen LogP) is 3.18. The summed E-state index contributed by atoms with van der Waals surface area (Å²) < 4.78 is 11.0. The van der Waals surface area contributed by atoms with Crippen molar-refractivity contribution in [3.63, 3.8) is 0 Å². The van der Waals surface area contributed by atoms with Crippen LogP contribution in [0.2, 0.25) is 0 Å². The van der Waals surface area contributed by atoms with Gasteiger partial charge in [-0.3, -0.25) is 4.99 Å². The van der Waals surface area contributed by atoms with Gasteiger partial charge in [0.05, 0.1) is 26.9 Å². The first-order valence-corrected chi connectivity index (χ1v) is 7.72. The molecule has 0 heterocycles. The van der Waals surface area contributed by atoms with Crippen LogP contribution < -0.4 is 15.4 Å². The van der Waals surface area contributed by atoms with Crippen LogP contribution >= 0.6 is 24.0 Å². The molecule has 0 unspecified atom stereocenters. The highest BCUT2D eigenvalue weighted by Crippen LogP contribution is 2.17. The lowest BCUT2D eigenvalue weighted by molar-refractivity contribution is 0.126. The highest BCUT2D eigenvalue weighted by molar-refractivity contribution is 14.0. The van der Waals surface area contributed by atoms with E-state index >= 15 is 0 Å². The van der Waals surface area contributed by atoms with Gasteiger partial charge in [-0.25, -0.2) is 0 Å². The van der Waals surface area contributed by atoms with Gasteiger partial charge >= 0.3 is 0 Å². The summed E-state index contributed by atoms with van der Waals surface area (Å²) in [7, 11) is 1.67. The zero-order chi connectivity index (χ0) is 16.4. The summed E-state index contributed by atoms with van der Waals surface area (Å²) in [6, 6.07) is 7.88. The molecule has 1 rings (SSSR count). The van der Waals surface area contributed by atoms with Gasteiger partial charge in [-0.05, 0) is 33.8 Å². The van der Waals surface area contributed by atoms with Crippen molar-refractivity contribution in [2.45, 2.75) is 39.8 Å². The molecule has 0 aromatic heterocycles. The van der Waals surface area contributed by atoms with E-state index in [9.17, 15) is 0 Å². The number of guanidine groups is 1. The van der Waals surface area contributed by atoms with Crippen LogP contribution in [0, 0.1) is 0 Å². The summed E-state index contributed by atoms with van der Waals surface area (Å²) in [4.78, 5) is 4.51. The molecule has 0 bridgehead atoms. The highest BCUT2D eigenvalue weighted by atomic mass is 127. The van der Waals surface area contributed by atoms with E-state index in [1.54, 1.807) is 7.11 Å². The highest BCUT2D eigenvalue weighted by Gasteiger charge is 2.11. The summed E-state index contributed by atoms with van der Waals surface area (Å²) in [5.41, 5.74) is 1.04. The SMILES string of the molecule is CCNC(=NCCOCc1ccccc1OC)NC(C)(C)C.I. The maximum absolute atomic E-state index is 5.68. The van der Waals surface area contributed by atoms with Crippen molar-refractivity contribution in [3.05, 3.63) is 29.8 Å². The van der Waals surface area contributed by atoms with Gasteiger partial charge in [0.15, 0.2) is 5.96 Å². The van der Waals surface area contributed by atoms with Crippen molar-refractivity contribution in [1.82, 2.24) is 10.6 Å². The van der Waals surface area contributed by atoms with E-state index in [4.69, 9.17) is 9.47 Å². The maximum Gasteiger partial charge on any atom is 0.191 e. The van der Waals surface area contributed by atoms with E-state index in [2.05, 4.69) is 43.3 Å². The molecule has 0 aliphatic carbocycles. The Morgan fingerprint density at radius 2 is 1.91 bits per heavy atom. The van der Waals surface area contributed by atoms with Crippen LogP contribution in [0.3, 0.4) is 0 Å². The third kappa shape index (κ3) is 9.65. The number of ether oxygens (including phenoxy) is 2. The number of aliphatic imine (C=N–C) groups is 1. The summed E-state index contributed by atoms with van der Waals surface area (Å²) in [6.45, 7) is 10.9. The Labute approximate surface area is 157 Å². The number of hydrogen-bond acceptors (Lipinski definition) is 3. The van der Waals surface area contributed by atoms with E-state index in [1.165, 1.54) is 0 Å². The molecule has 5 nitrogen and oxygen atoms in total. The number of halogens is 1. The minimum absolute atomic E-state index is 0. The minimum atomic E-state index is -0.0146. The van der Waals surface area contributed by atoms with Gasteiger partial charge in [-0.1, -0.05) is 18.2 Å². The van der Waals surface area contributed by atoms with Gasteiger partial charge in [-0.2, -0.15) is 0 Å². The average molecular weight is 435 g/mol. The fraction of sp³-hybridized carbons (Fsp3) is 0.588. The zero-order valence-electron chi connectivity index (χ0n) is 14.8. The van der Waals surface area contributed by atoms with Crippen LogP contribution in [0.4, 0.5) is 0 Å². The van der Waals surface area contributed by atoms with Crippen molar-refractivity contribution < 1.29 is 9.47 Å². The molecule has 2 N–H and O–H groups in total. The number of hydrogen-bond donors (Lipinski definition) is 2. The number of rotatable bonds is 7. The quantitative estimate of drug-likeness (QED) is 0.299. The van der Waals surface area contributed by atoms with Crippen LogP contribution in [0.5, 0.6) is 5.75 Å². The first kappa shape index (κ1) is 22.0. The van der Waals surface area contributed by atoms with Gasteiger partial charge in [0.1, 0.15) is 5.75 Å². The Kier molecular flexibility index (Phi) is 11.0. The molecule has 0 fully saturated rings. The second kappa shape index (κ2) is 11.5. The van der Waals surface area contributed by atoms with Crippen molar-refractivity contribution in [3.8, 4) is 5.75 Å². The summed E-state index contributed by atoms with van der Waals surface area (Å²) >= 11 is 0. The van der Waals surface area contributed by atoms with E-state index in [0.29, 0.717) is 19.8 Å². The Hall–Kier alpha value is -1.02. The van der Waals surface area contributed by atoms with Crippen LogP contribution in [-0.4, -0.2) is 38.3 Å². The molecular formula is C17H30IN3O2. The first-order chi connectivity index (χ1) is 10.5. The van der Waals surface area contributed by atoms with E-state index < -0.39 is 0 Å². The molecule has 0 radical (unpaired) electrons. The molecule has 1 aromatic rings. The average Bonchev–Trinajstić information content (AvgIpc) is 2.46. The smallest absolute Gasteiger partial charge is 0.191 e. The molecule has 23 heavy (non-hydrogen) atoms. The van der Waals surface area contributed by atoms with Crippen LogP contribution in [0.1, 0.15) is 33.3 Å². The second-order valence-corrected chi connectivity index (χ2v) is 6.00. The Morgan fingerprint density at radius 3 is 2.52 bits per heavy atom. The Morgan fingerprint density at radius 1 is 1.22 bits per heavy atom. The third-order valence-electron chi connectivity index (χ3n) is 2.79. The van der Waals surface area contributed by atoms with Gasteiger partial charge in [0.25, 0.3) is 0 Å². The topological polar surface area (TPSA) is 54.9 Å². The van der Waals surface area contributed by atoms with Crippen LogP contribution in [-0.2, 0) is 11.3 Å². The Balaban J connectivity index is 0.00000484. The molecule has 0 aliphatic rings. The number of nitrogens with one attached hydrogen (secondary N) is 2. The molecule has 0 saturated carbocycles. The Bertz CT molecular complexity index is 473. The van der Waals surface area contributed by atoms with Crippen molar-refractivity contribution in [2.75, 3.05) is 26.8 Å². The molecule has 6 heteroatoms. The number of nitrogens with zero attached hydrogens (tertiary/aromatic N) is 1. The molecular weight excluding hydrogens is 405 g/mol. The summed E-state index contributed by atoms with van der Waals surface area (Å²) in [6.07, 6.45) is 0. The lowest BCUT2D eigenvalue weighted by Gasteiger charge is -2.23. The monoisotopic (exact) mass is 435 g/mol. The molecule has 0 amide bonds. The number of para-hydroxylation sites is 1. The van der Waals surface area contributed by atoms with Crippen LogP contribution in [0.15, 0.2) is 29.3 Å². The number of methoxy groups -OCH3 is 1. The minimum Gasteiger partial charge on any atom is -0.496 e.